The Morgan fingerprint density at radius 3 is 2.73 bits per heavy atom. The molecule has 2 unspecified atom stereocenters. The van der Waals surface area contributed by atoms with Crippen LogP contribution >= 0.6 is 0 Å². The van der Waals surface area contributed by atoms with Crippen molar-refractivity contribution in [3.63, 3.8) is 0 Å². The van der Waals surface area contributed by atoms with E-state index in [9.17, 15) is 13.6 Å². The van der Waals surface area contributed by atoms with Gasteiger partial charge in [0.2, 0.25) is 0 Å². The van der Waals surface area contributed by atoms with Crippen LogP contribution in [0.3, 0.4) is 0 Å². The minimum atomic E-state index is -2.88. The Hall–Kier alpha value is -1.85. The summed E-state index contributed by atoms with van der Waals surface area (Å²) in [5, 5.41) is 5.68. The van der Waals surface area contributed by atoms with Crippen LogP contribution in [0.15, 0.2) is 18.2 Å². The van der Waals surface area contributed by atoms with Gasteiger partial charge in [-0.15, -0.1) is 0 Å². The van der Waals surface area contributed by atoms with Gasteiger partial charge in [-0.05, 0) is 37.8 Å². The lowest BCUT2D eigenvalue weighted by Crippen LogP contribution is -2.43. The van der Waals surface area contributed by atoms with E-state index >= 15 is 0 Å². The molecule has 0 bridgehead atoms. The average Bonchev–Trinajstić information content (AvgIpc) is 2.45. The molecule has 2 rings (SSSR count). The zero-order valence-electron chi connectivity index (χ0n) is 12.9. The molecule has 2 atom stereocenters. The third-order valence-corrected chi connectivity index (χ3v) is 4.18. The van der Waals surface area contributed by atoms with E-state index in [4.69, 9.17) is 0 Å². The second-order valence-corrected chi connectivity index (χ2v) is 5.77. The average molecular weight is 312 g/mol. The molecule has 1 aliphatic rings. The molecular formula is C16H22F2N2O2. The number of ether oxygens (including phenoxy) is 1. The first-order valence-corrected chi connectivity index (χ1v) is 7.59. The van der Waals surface area contributed by atoms with Crippen LogP contribution in [-0.2, 0) is 0 Å². The fourth-order valence-electron chi connectivity index (χ4n) is 2.83. The second kappa shape index (κ2) is 7.42. The SMILES string of the molecule is Cc1c(NC(=O)NC2CCCCC2C)cccc1OC(F)F. The van der Waals surface area contributed by atoms with E-state index in [0.29, 0.717) is 17.2 Å². The third-order valence-electron chi connectivity index (χ3n) is 4.18. The summed E-state index contributed by atoms with van der Waals surface area (Å²) in [6.45, 7) is 0.883. The van der Waals surface area contributed by atoms with Gasteiger partial charge < -0.3 is 15.4 Å². The summed E-state index contributed by atoms with van der Waals surface area (Å²) in [7, 11) is 0. The maximum Gasteiger partial charge on any atom is 0.387 e. The molecule has 1 fully saturated rings. The number of alkyl halides is 2. The molecule has 0 aliphatic heterocycles. The van der Waals surface area contributed by atoms with Crippen LogP contribution in [0.1, 0.15) is 38.2 Å². The summed E-state index contributed by atoms with van der Waals surface area (Å²) < 4.78 is 29.1. The van der Waals surface area contributed by atoms with Crippen LogP contribution in [0, 0.1) is 12.8 Å². The molecule has 2 amide bonds. The zero-order valence-corrected chi connectivity index (χ0v) is 12.9. The number of nitrogens with one attached hydrogen (secondary N) is 2. The van der Waals surface area contributed by atoms with E-state index in [0.717, 1.165) is 19.3 Å². The van der Waals surface area contributed by atoms with Crippen LogP contribution in [0.5, 0.6) is 5.75 Å². The Balaban J connectivity index is 1.99. The number of hydrogen-bond acceptors (Lipinski definition) is 2. The molecule has 0 saturated heterocycles. The minimum Gasteiger partial charge on any atom is -0.434 e. The van der Waals surface area contributed by atoms with Gasteiger partial charge in [0.25, 0.3) is 0 Å². The van der Waals surface area contributed by atoms with Crippen LogP contribution < -0.4 is 15.4 Å². The molecule has 6 heteroatoms. The standard InChI is InChI=1S/C16H22F2N2O2/c1-10-6-3-4-7-12(10)19-16(21)20-13-8-5-9-14(11(13)2)22-15(17)18/h5,8-10,12,15H,3-4,6-7H2,1-2H3,(H2,19,20,21). The molecule has 0 spiro atoms. The van der Waals surface area contributed by atoms with Gasteiger partial charge >= 0.3 is 12.6 Å². The summed E-state index contributed by atoms with van der Waals surface area (Å²) >= 11 is 0. The summed E-state index contributed by atoms with van der Waals surface area (Å²) in [5.41, 5.74) is 0.953. The van der Waals surface area contributed by atoms with Crippen molar-refractivity contribution in [2.75, 3.05) is 5.32 Å². The highest BCUT2D eigenvalue weighted by Gasteiger charge is 2.23. The fraction of sp³-hybridized carbons (Fsp3) is 0.562. The lowest BCUT2D eigenvalue weighted by atomic mass is 9.86. The van der Waals surface area contributed by atoms with Gasteiger partial charge in [0, 0.05) is 17.3 Å². The topological polar surface area (TPSA) is 50.4 Å². The summed E-state index contributed by atoms with van der Waals surface area (Å²) in [6, 6.07) is 4.54. The molecule has 1 aromatic rings. The highest BCUT2D eigenvalue weighted by Crippen LogP contribution is 2.27. The molecule has 1 aromatic carbocycles. The minimum absolute atomic E-state index is 0.0684. The van der Waals surface area contributed by atoms with Gasteiger partial charge in [-0.1, -0.05) is 25.8 Å². The molecular weight excluding hydrogens is 290 g/mol. The normalized spacial score (nSPS) is 21.5. The number of rotatable bonds is 4. The Kier molecular flexibility index (Phi) is 5.57. The highest BCUT2D eigenvalue weighted by molar-refractivity contribution is 5.90. The first-order chi connectivity index (χ1) is 10.5. The van der Waals surface area contributed by atoms with Gasteiger partial charge in [0.05, 0.1) is 0 Å². The highest BCUT2D eigenvalue weighted by atomic mass is 19.3. The quantitative estimate of drug-likeness (QED) is 0.871. The van der Waals surface area contributed by atoms with E-state index in [1.165, 1.54) is 12.5 Å². The van der Waals surface area contributed by atoms with Crippen molar-refractivity contribution in [1.29, 1.82) is 0 Å². The van der Waals surface area contributed by atoms with Crippen LogP contribution in [-0.4, -0.2) is 18.7 Å². The first-order valence-electron chi connectivity index (χ1n) is 7.59. The van der Waals surface area contributed by atoms with Gasteiger partial charge in [-0.3, -0.25) is 0 Å². The van der Waals surface area contributed by atoms with E-state index in [2.05, 4.69) is 22.3 Å². The van der Waals surface area contributed by atoms with Gasteiger partial charge in [0.15, 0.2) is 0 Å². The molecule has 4 nitrogen and oxygen atoms in total. The number of anilines is 1. The number of benzene rings is 1. The van der Waals surface area contributed by atoms with Gasteiger partial charge in [0.1, 0.15) is 5.75 Å². The predicted octanol–water partition coefficient (Wildman–Crippen LogP) is 4.30. The monoisotopic (exact) mass is 312 g/mol. The van der Waals surface area contributed by atoms with Crippen molar-refractivity contribution >= 4 is 11.7 Å². The van der Waals surface area contributed by atoms with Crippen molar-refractivity contribution in [2.24, 2.45) is 5.92 Å². The lowest BCUT2D eigenvalue weighted by molar-refractivity contribution is -0.0502. The first kappa shape index (κ1) is 16.5. The molecule has 22 heavy (non-hydrogen) atoms. The number of carbonyl (C=O) groups excluding carboxylic acids is 1. The summed E-state index contributed by atoms with van der Waals surface area (Å²) in [5.74, 6) is 0.521. The molecule has 0 heterocycles. The van der Waals surface area contributed by atoms with E-state index in [-0.39, 0.29) is 17.8 Å². The van der Waals surface area contributed by atoms with Crippen LogP contribution in [0.4, 0.5) is 19.3 Å². The zero-order chi connectivity index (χ0) is 16.1. The number of halogens is 2. The Morgan fingerprint density at radius 1 is 1.32 bits per heavy atom. The molecule has 122 valence electrons. The van der Waals surface area contributed by atoms with E-state index in [1.54, 1.807) is 19.1 Å². The number of urea groups is 1. The molecule has 2 N–H and O–H groups in total. The predicted molar refractivity (Wildman–Crippen MR) is 81.4 cm³/mol. The van der Waals surface area contributed by atoms with Crippen molar-refractivity contribution in [1.82, 2.24) is 5.32 Å². The Bertz CT molecular complexity index is 523. The molecule has 0 aromatic heterocycles. The maximum absolute atomic E-state index is 12.3. The Morgan fingerprint density at radius 2 is 2.05 bits per heavy atom. The van der Waals surface area contributed by atoms with E-state index < -0.39 is 6.61 Å². The van der Waals surface area contributed by atoms with Crippen molar-refractivity contribution < 1.29 is 18.3 Å². The summed E-state index contributed by atoms with van der Waals surface area (Å²) in [4.78, 5) is 12.1. The maximum atomic E-state index is 12.3. The molecule has 1 aliphatic carbocycles. The third kappa shape index (κ3) is 4.32. The van der Waals surface area contributed by atoms with Crippen molar-refractivity contribution in [2.45, 2.75) is 52.2 Å². The Labute approximate surface area is 129 Å². The van der Waals surface area contributed by atoms with Gasteiger partial charge in [-0.2, -0.15) is 8.78 Å². The fourth-order valence-corrected chi connectivity index (χ4v) is 2.83. The smallest absolute Gasteiger partial charge is 0.387 e. The van der Waals surface area contributed by atoms with Gasteiger partial charge in [-0.25, -0.2) is 4.79 Å². The molecule has 0 radical (unpaired) electrons. The van der Waals surface area contributed by atoms with E-state index in [1.807, 2.05) is 0 Å². The van der Waals surface area contributed by atoms with Crippen molar-refractivity contribution in [3.8, 4) is 5.75 Å². The lowest BCUT2D eigenvalue weighted by Gasteiger charge is -2.29. The number of hydrogen-bond donors (Lipinski definition) is 2. The summed E-state index contributed by atoms with van der Waals surface area (Å²) in [6.07, 6.45) is 4.41. The molecule has 1 saturated carbocycles. The van der Waals surface area contributed by atoms with Crippen LogP contribution in [0.2, 0.25) is 0 Å². The number of carbonyl (C=O) groups is 1. The van der Waals surface area contributed by atoms with Crippen molar-refractivity contribution in [3.05, 3.63) is 23.8 Å². The van der Waals surface area contributed by atoms with Crippen LogP contribution in [0.25, 0.3) is 0 Å². The second-order valence-electron chi connectivity index (χ2n) is 5.77. The largest absolute Gasteiger partial charge is 0.434 e. The number of amides is 2.